The first-order valence-corrected chi connectivity index (χ1v) is 3.62. The summed E-state index contributed by atoms with van der Waals surface area (Å²) in [5.74, 6) is -2.71. The maximum Gasteiger partial charge on any atom is 0.340 e. The molecule has 6 heteroatoms. The van der Waals surface area contributed by atoms with Crippen molar-refractivity contribution in [3.63, 3.8) is 0 Å². The molecular weight excluding hydrogens is 199 g/mol. The van der Waals surface area contributed by atoms with Crippen molar-refractivity contribution in [2.24, 2.45) is 0 Å². The van der Waals surface area contributed by atoms with Gasteiger partial charge in [0.05, 0.1) is 5.69 Å². The second-order valence-electron chi connectivity index (χ2n) is 2.60. The van der Waals surface area contributed by atoms with E-state index in [1.54, 1.807) is 0 Å². The maximum atomic E-state index is 13.0. The zero-order chi connectivity index (χ0) is 10.9. The zero-order valence-corrected chi connectivity index (χ0v) is 7.09. The number of aromatic carboxylic acids is 1. The Morgan fingerprint density at radius 1 is 1.57 bits per heavy atom. The molecule has 0 spiro atoms. The van der Waals surface area contributed by atoms with Gasteiger partial charge in [-0.25, -0.2) is 18.0 Å². The molecule has 0 fully saturated rings. The van der Waals surface area contributed by atoms with Gasteiger partial charge in [0.2, 0.25) is 0 Å². The van der Waals surface area contributed by atoms with Crippen LogP contribution in [0, 0.1) is 12.7 Å². The Morgan fingerprint density at radius 3 is 2.50 bits per heavy atom. The lowest BCUT2D eigenvalue weighted by Crippen LogP contribution is -2.08. The van der Waals surface area contributed by atoms with E-state index >= 15 is 0 Å². The van der Waals surface area contributed by atoms with Gasteiger partial charge in [-0.05, 0) is 6.92 Å². The van der Waals surface area contributed by atoms with E-state index in [0.29, 0.717) is 6.07 Å². The van der Waals surface area contributed by atoms with Gasteiger partial charge in [0, 0.05) is 6.07 Å². The summed E-state index contributed by atoms with van der Waals surface area (Å²) >= 11 is 0. The third-order valence-corrected chi connectivity index (χ3v) is 1.61. The lowest BCUT2D eigenvalue weighted by Gasteiger charge is -2.04. The fourth-order valence-electron chi connectivity index (χ4n) is 1.03. The van der Waals surface area contributed by atoms with E-state index in [0.717, 1.165) is 0 Å². The first-order chi connectivity index (χ1) is 6.43. The molecule has 0 aliphatic rings. The fourth-order valence-corrected chi connectivity index (χ4v) is 1.03. The maximum absolute atomic E-state index is 13.0. The number of hydrogen-bond donors (Lipinski definition) is 1. The van der Waals surface area contributed by atoms with E-state index < -0.39 is 29.5 Å². The highest BCUT2D eigenvalue weighted by Crippen LogP contribution is 2.20. The quantitative estimate of drug-likeness (QED) is 0.804. The van der Waals surface area contributed by atoms with Crippen LogP contribution in [-0.4, -0.2) is 16.1 Å². The summed E-state index contributed by atoms with van der Waals surface area (Å²) in [7, 11) is 0. The SMILES string of the molecule is Cc1nc(C(F)F)cc(F)c1C(=O)O. The Kier molecular flexibility index (Phi) is 2.73. The highest BCUT2D eigenvalue weighted by atomic mass is 19.3. The first-order valence-electron chi connectivity index (χ1n) is 3.62. The van der Waals surface area contributed by atoms with Crippen molar-refractivity contribution in [2.75, 3.05) is 0 Å². The summed E-state index contributed by atoms with van der Waals surface area (Å²) < 4.78 is 37.1. The Morgan fingerprint density at radius 2 is 2.14 bits per heavy atom. The molecule has 0 unspecified atom stereocenters. The van der Waals surface area contributed by atoms with Gasteiger partial charge in [-0.1, -0.05) is 0 Å². The van der Waals surface area contributed by atoms with Gasteiger partial charge in [-0.15, -0.1) is 0 Å². The van der Waals surface area contributed by atoms with E-state index in [1.165, 1.54) is 6.92 Å². The number of carboxylic acid groups (broad SMARTS) is 1. The minimum atomic E-state index is -2.91. The second kappa shape index (κ2) is 3.65. The van der Waals surface area contributed by atoms with Crippen molar-refractivity contribution < 1.29 is 23.1 Å². The lowest BCUT2D eigenvalue weighted by molar-refractivity contribution is 0.0689. The van der Waals surface area contributed by atoms with Gasteiger partial charge < -0.3 is 5.11 Å². The molecule has 0 saturated heterocycles. The van der Waals surface area contributed by atoms with Crippen LogP contribution in [0.15, 0.2) is 6.07 Å². The Hall–Kier alpha value is -1.59. The number of hydrogen-bond acceptors (Lipinski definition) is 2. The van der Waals surface area contributed by atoms with Gasteiger partial charge in [0.1, 0.15) is 17.1 Å². The molecule has 0 aromatic carbocycles. The third-order valence-electron chi connectivity index (χ3n) is 1.61. The molecule has 1 N–H and O–H groups in total. The Labute approximate surface area is 77.2 Å². The number of pyridine rings is 1. The average Bonchev–Trinajstić information content (AvgIpc) is 2.01. The molecule has 3 nitrogen and oxygen atoms in total. The number of carbonyl (C=O) groups is 1. The second-order valence-corrected chi connectivity index (χ2v) is 2.60. The first kappa shape index (κ1) is 10.5. The van der Waals surface area contributed by atoms with Crippen LogP contribution in [-0.2, 0) is 0 Å². The van der Waals surface area contributed by atoms with Crippen LogP contribution in [0.2, 0.25) is 0 Å². The standard InChI is InChI=1S/C8H6F3NO2/c1-3-6(8(13)14)4(9)2-5(12-3)7(10)11/h2,7H,1H3,(H,13,14). The van der Waals surface area contributed by atoms with E-state index in [4.69, 9.17) is 5.11 Å². The fraction of sp³-hybridized carbons (Fsp3) is 0.250. The number of halogens is 3. The third kappa shape index (κ3) is 1.84. The van der Waals surface area contributed by atoms with Crippen LogP contribution in [0.1, 0.15) is 28.2 Å². The zero-order valence-electron chi connectivity index (χ0n) is 7.09. The minimum Gasteiger partial charge on any atom is -0.478 e. The van der Waals surface area contributed by atoms with E-state index in [1.807, 2.05) is 0 Å². The molecule has 1 rings (SSSR count). The van der Waals surface area contributed by atoms with Gasteiger partial charge in [0.25, 0.3) is 6.43 Å². The minimum absolute atomic E-state index is 0.257. The number of rotatable bonds is 2. The molecule has 0 saturated carbocycles. The Balaban J connectivity index is 3.32. The van der Waals surface area contributed by atoms with Gasteiger partial charge in [-0.2, -0.15) is 0 Å². The molecule has 1 aromatic rings. The summed E-state index contributed by atoms with van der Waals surface area (Å²) in [6.07, 6.45) is -2.91. The van der Waals surface area contributed by atoms with Crippen LogP contribution in [0.4, 0.5) is 13.2 Å². The van der Waals surface area contributed by atoms with E-state index in [9.17, 15) is 18.0 Å². The molecule has 0 atom stereocenters. The predicted molar refractivity (Wildman–Crippen MR) is 40.8 cm³/mol. The normalized spacial score (nSPS) is 10.6. The largest absolute Gasteiger partial charge is 0.478 e. The summed E-state index contributed by atoms with van der Waals surface area (Å²) in [6.45, 7) is 1.17. The van der Waals surface area contributed by atoms with E-state index in [-0.39, 0.29) is 5.69 Å². The van der Waals surface area contributed by atoms with Crippen LogP contribution in [0.5, 0.6) is 0 Å². The number of alkyl halides is 2. The molecule has 76 valence electrons. The van der Waals surface area contributed by atoms with Gasteiger partial charge in [0.15, 0.2) is 0 Å². The smallest absolute Gasteiger partial charge is 0.340 e. The molecule has 1 heterocycles. The monoisotopic (exact) mass is 205 g/mol. The molecule has 0 radical (unpaired) electrons. The summed E-state index contributed by atoms with van der Waals surface area (Å²) in [4.78, 5) is 13.7. The Bertz CT molecular complexity index is 356. The van der Waals surface area contributed by atoms with E-state index in [2.05, 4.69) is 4.98 Å². The molecule has 0 aliphatic heterocycles. The number of aryl methyl sites for hydroxylation is 1. The molecule has 14 heavy (non-hydrogen) atoms. The van der Waals surface area contributed by atoms with Crippen molar-refractivity contribution in [2.45, 2.75) is 13.3 Å². The molecule has 0 aliphatic carbocycles. The van der Waals surface area contributed by atoms with Crippen LogP contribution in [0.3, 0.4) is 0 Å². The highest BCUT2D eigenvalue weighted by Gasteiger charge is 2.19. The van der Waals surface area contributed by atoms with Crippen molar-refractivity contribution in [1.29, 1.82) is 0 Å². The molecule has 0 amide bonds. The topological polar surface area (TPSA) is 50.2 Å². The summed E-state index contributed by atoms with van der Waals surface area (Å²) in [5.41, 5.74) is -1.69. The lowest BCUT2D eigenvalue weighted by atomic mass is 10.1. The van der Waals surface area contributed by atoms with Crippen molar-refractivity contribution >= 4 is 5.97 Å². The van der Waals surface area contributed by atoms with Crippen molar-refractivity contribution in [1.82, 2.24) is 4.98 Å². The number of nitrogens with zero attached hydrogens (tertiary/aromatic N) is 1. The molecule has 0 bridgehead atoms. The number of carboxylic acids is 1. The van der Waals surface area contributed by atoms with Crippen molar-refractivity contribution in [3.8, 4) is 0 Å². The predicted octanol–water partition coefficient (Wildman–Crippen LogP) is 2.16. The number of aromatic nitrogens is 1. The van der Waals surface area contributed by atoms with Crippen LogP contribution in [0.25, 0.3) is 0 Å². The molecule has 1 aromatic heterocycles. The molecular formula is C8H6F3NO2. The van der Waals surface area contributed by atoms with Gasteiger partial charge >= 0.3 is 5.97 Å². The highest BCUT2D eigenvalue weighted by molar-refractivity contribution is 5.89. The summed E-state index contributed by atoms with van der Waals surface area (Å²) in [5, 5.41) is 8.51. The van der Waals surface area contributed by atoms with Gasteiger partial charge in [-0.3, -0.25) is 4.98 Å². The average molecular weight is 205 g/mol. The summed E-state index contributed by atoms with van der Waals surface area (Å²) in [6, 6.07) is 0.432. The van der Waals surface area contributed by atoms with Crippen molar-refractivity contribution in [3.05, 3.63) is 28.8 Å². The van der Waals surface area contributed by atoms with Crippen LogP contribution >= 0.6 is 0 Å². The van der Waals surface area contributed by atoms with Crippen LogP contribution < -0.4 is 0 Å².